The fourth-order valence-corrected chi connectivity index (χ4v) is 4.92. The molecule has 2 aliphatic heterocycles. The average Bonchev–Trinajstić information content (AvgIpc) is 2.79. The van der Waals surface area contributed by atoms with Gasteiger partial charge in [0.2, 0.25) is 10.0 Å². The highest BCUT2D eigenvalue weighted by Crippen LogP contribution is 2.34. The van der Waals surface area contributed by atoms with Gasteiger partial charge in [0.25, 0.3) is 0 Å². The molecule has 22 heavy (non-hydrogen) atoms. The fraction of sp³-hybridized carbons (Fsp3) is 0.625. The Morgan fingerprint density at radius 3 is 2.68 bits per heavy atom. The van der Waals surface area contributed by atoms with E-state index < -0.39 is 10.0 Å². The number of hydrogen-bond donors (Lipinski definition) is 0. The number of hydrogen-bond acceptors (Lipinski definition) is 4. The van der Waals surface area contributed by atoms with Gasteiger partial charge in [0.1, 0.15) is 0 Å². The maximum absolute atomic E-state index is 13.0. The Morgan fingerprint density at radius 1 is 1.14 bits per heavy atom. The molecular formula is C16H23NO4S. The summed E-state index contributed by atoms with van der Waals surface area (Å²) in [6, 6.07) is 5.05. The lowest BCUT2D eigenvalue weighted by Gasteiger charge is -2.34. The van der Waals surface area contributed by atoms with Crippen LogP contribution in [-0.4, -0.2) is 38.5 Å². The number of benzene rings is 1. The van der Waals surface area contributed by atoms with E-state index in [0.717, 1.165) is 32.1 Å². The Labute approximate surface area is 132 Å². The normalized spacial score (nSPS) is 23.0. The maximum Gasteiger partial charge on any atom is 0.243 e. The zero-order valence-electron chi connectivity index (χ0n) is 13.0. The molecule has 5 nitrogen and oxygen atoms in total. The molecular weight excluding hydrogens is 302 g/mol. The number of fused-ring (bicyclic) bond motifs is 1. The average molecular weight is 325 g/mol. The van der Waals surface area contributed by atoms with Crippen LogP contribution in [0.25, 0.3) is 0 Å². The van der Waals surface area contributed by atoms with Crippen LogP contribution in [0, 0.1) is 0 Å². The van der Waals surface area contributed by atoms with Gasteiger partial charge in [0.05, 0.1) is 18.1 Å². The van der Waals surface area contributed by atoms with Crippen molar-refractivity contribution in [3.05, 3.63) is 18.2 Å². The molecule has 0 N–H and O–H groups in total. The minimum atomic E-state index is -3.47. The van der Waals surface area contributed by atoms with Crippen molar-refractivity contribution in [1.82, 2.24) is 4.31 Å². The second kappa shape index (κ2) is 6.46. The SMILES string of the molecule is CC[C@H]1CCCCN1S(=O)(=O)c1ccc2c(c1)OCCCO2. The number of rotatable bonds is 3. The fourth-order valence-electron chi connectivity index (χ4n) is 3.14. The molecule has 122 valence electrons. The van der Waals surface area contributed by atoms with E-state index >= 15 is 0 Å². The van der Waals surface area contributed by atoms with Crippen molar-refractivity contribution < 1.29 is 17.9 Å². The third kappa shape index (κ3) is 2.94. The first-order valence-corrected chi connectivity index (χ1v) is 9.48. The molecule has 0 spiro atoms. The van der Waals surface area contributed by atoms with Crippen LogP contribution < -0.4 is 9.47 Å². The Kier molecular flexibility index (Phi) is 4.59. The van der Waals surface area contributed by atoms with Gasteiger partial charge in [-0.25, -0.2) is 8.42 Å². The minimum Gasteiger partial charge on any atom is -0.490 e. The maximum atomic E-state index is 13.0. The van der Waals surface area contributed by atoms with Gasteiger partial charge in [0, 0.05) is 25.1 Å². The molecule has 1 aromatic rings. The number of sulfonamides is 1. The van der Waals surface area contributed by atoms with Crippen molar-refractivity contribution in [2.45, 2.75) is 50.0 Å². The Morgan fingerprint density at radius 2 is 1.91 bits per heavy atom. The first kappa shape index (κ1) is 15.6. The first-order chi connectivity index (χ1) is 10.6. The molecule has 0 amide bonds. The van der Waals surface area contributed by atoms with Crippen LogP contribution in [-0.2, 0) is 10.0 Å². The van der Waals surface area contributed by atoms with Crippen molar-refractivity contribution in [2.24, 2.45) is 0 Å². The molecule has 0 saturated carbocycles. The summed E-state index contributed by atoms with van der Waals surface area (Å²) in [6.45, 7) is 3.81. The number of ether oxygens (including phenoxy) is 2. The summed E-state index contributed by atoms with van der Waals surface area (Å²) in [7, 11) is -3.47. The summed E-state index contributed by atoms with van der Waals surface area (Å²) >= 11 is 0. The smallest absolute Gasteiger partial charge is 0.243 e. The van der Waals surface area contributed by atoms with Crippen LogP contribution in [0.15, 0.2) is 23.1 Å². The van der Waals surface area contributed by atoms with Crippen LogP contribution in [0.4, 0.5) is 0 Å². The van der Waals surface area contributed by atoms with Crippen molar-refractivity contribution in [1.29, 1.82) is 0 Å². The van der Waals surface area contributed by atoms with Gasteiger partial charge in [-0.05, 0) is 31.4 Å². The van der Waals surface area contributed by atoms with E-state index in [1.165, 1.54) is 0 Å². The molecule has 1 atom stereocenters. The quantitative estimate of drug-likeness (QED) is 0.857. The molecule has 1 fully saturated rings. The van der Waals surface area contributed by atoms with Crippen molar-refractivity contribution in [2.75, 3.05) is 19.8 Å². The Balaban J connectivity index is 1.93. The molecule has 0 aromatic heterocycles. The van der Waals surface area contributed by atoms with Gasteiger partial charge in [-0.2, -0.15) is 4.31 Å². The minimum absolute atomic E-state index is 0.106. The number of piperidine rings is 1. The number of nitrogens with zero attached hydrogens (tertiary/aromatic N) is 1. The molecule has 2 aliphatic rings. The monoisotopic (exact) mass is 325 g/mol. The lowest BCUT2D eigenvalue weighted by molar-refractivity contribution is 0.246. The predicted molar refractivity (Wildman–Crippen MR) is 83.9 cm³/mol. The van der Waals surface area contributed by atoms with Crippen LogP contribution in [0.2, 0.25) is 0 Å². The second-order valence-corrected chi connectivity index (χ2v) is 7.72. The van der Waals surface area contributed by atoms with E-state index in [1.807, 2.05) is 6.92 Å². The van der Waals surface area contributed by atoms with Gasteiger partial charge < -0.3 is 9.47 Å². The zero-order chi connectivity index (χ0) is 15.6. The molecule has 0 unspecified atom stereocenters. The lowest BCUT2D eigenvalue weighted by atomic mass is 10.0. The lowest BCUT2D eigenvalue weighted by Crippen LogP contribution is -2.43. The van der Waals surface area contributed by atoms with Crippen molar-refractivity contribution in [3.63, 3.8) is 0 Å². The highest BCUT2D eigenvalue weighted by Gasteiger charge is 2.33. The standard InChI is InChI=1S/C16H23NO4S/c1-2-13-6-3-4-9-17(13)22(18,19)14-7-8-15-16(12-14)21-11-5-10-20-15/h7-8,12-13H,2-6,9-11H2,1H3/t13-/m0/s1. The summed E-state index contributed by atoms with van der Waals surface area (Å²) in [6.07, 6.45) is 4.64. The van der Waals surface area contributed by atoms with E-state index in [2.05, 4.69) is 0 Å². The van der Waals surface area contributed by atoms with E-state index in [1.54, 1.807) is 22.5 Å². The Bertz CT molecular complexity index is 629. The van der Waals surface area contributed by atoms with Gasteiger partial charge >= 0.3 is 0 Å². The van der Waals surface area contributed by atoms with Crippen molar-refractivity contribution >= 4 is 10.0 Å². The molecule has 1 aromatic carbocycles. The Hall–Kier alpha value is -1.27. The third-order valence-electron chi connectivity index (χ3n) is 4.37. The van der Waals surface area contributed by atoms with Gasteiger partial charge in [-0.15, -0.1) is 0 Å². The van der Waals surface area contributed by atoms with Gasteiger partial charge in [-0.1, -0.05) is 13.3 Å². The van der Waals surface area contributed by atoms with E-state index in [-0.39, 0.29) is 6.04 Å². The van der Waals surface area contributed by atoms with E-state index in [9.17, 15) is 8.42 Å². The summed E-state index contributed by atoms with van der Waals surface area (Å²) < 4.78 is 38.8. The van der Waals surface area contributed by atoms with E-state index in [4.69, 9.17) is 9.47 Å². The summed E-state index contributed by atoms with van der Waals surface area (Å²) in [5, 5.41) is 0. The van der Waals surface area contributed by atoms with Gasteiger partial charge in [0.15, 0.2) is 11.5 Å². The summed E-state index contributed by atoms with van der Waals surface area (Å²) in [4.78, 5) is 0.303. The molecule has 3 rings (SSSR count). The summed E-state index contributed by atoms with van der Waals surface area (Å²) in [5.41, 5.74) is 0. The van der Waals surface area contributed by atoms with Gasteiger partial charge in [-0.3, -0.25) is 0 Å². The molecule has 2 heterocycles. The third-order valence-corrected chi connectivity index (χ3v) is 6.32. The summed E-state index contributed by atoms with van der Waals surface area (Å²) in [5.74, 6) is 1.16. The van der Waals surface area contributed by atoms with Crippen LogP contribution >= 0.6 is 0 Å². The topological polar surface area (TPSA) is 55.8 Å². The highest BCUT2D eigenvalue weighted by atomic mass is 32.2. The highest BCUT2D eigenvalue weighted by molar-refractivity contribution is 7.89. The van der Waals surface area contributed by atoms with Crippen molar-refractivity contribution in [3.8, 4) is 11.5 Å². The first-order valence-electron chi connectivity index (χ1n) is 8.04. The van der Waals surface area contributed by atoms with E-state index in [0.29, 0.717) is 36.2 Å². The van der Waals surface area contributed by atoms with Crippen LogP contribution in [0.5, 0.6) is 11.5 Å². The van der Waals surface area contributed by atoms with Crippen LogP contribution in [0.3, 0.4) is 0 Å². The molecule has 6 heteroatoms. The molecule has 1 saturated heterocycles. The molecule has 0 radical (unpaired) electrons. The molecule has 0 bridgehead atoms. The predicted octanol–water partition coefficient (Wildman–Crippen LogP) is 2.80. The second-order valence-electron chi connectivity index (χ2n) is 5.83. The molecule has 0 aliphatic carbocycles. The largest absolute Gasteiger partial charge is 0.490 e. The zero-order valence-corrected chi connectivity index (χ0v) is 13.8. The van der Waals surface area contributed by atoms with Crippen LogP contribution in [0.1, 0.15) is 39.0 Å².